The number of rotatable bonds is 2. The average molecular weight is 249 g/mol. The van der Waals surface area contributed by atoms with Crippen LogP contribution in [-0.4, -0.2) is 16.3 Å². The second-order valence-electron chi connectivity index (χ2n) is 2.91. The fourth-order valence-electron chi connectivity index (χ4n) is 1.07. The van der Waals surface area contributed by atoms with Crippen LogP contribution in [0.2, 0.25) is 0 Å². The molecule has 0 amide bonds. The molecular weight excluding hydrogens is 239 g/mol. The van der Waals surface area contributed by atoms with Gasteiger partial charge in [-0.05, 0) is 35.0 Å². The molecule has 0 aliphatic rings. The number of aromatic hydroxyl groups is 1. The number of halogens is 2. The third-order valence-electron chi connectivity index (χ3n) is 1.67. The first-order valence-corrected chi connectivity index (χ1v) is 4.65. The third kappa shape index (κ3) is 2.42. The Labute approximate surface area is 84.1 Å². The molecule has 0 aliphatic heterocycles. The quantitative estimate of drug-likeness (QED) is 0.843. The molecule has 0 aromatic heterocycles. The fraction of sp³-hybridized carbons (Fsp3) is 0.333. The molecule has 0 spiro atoms. The Bertz CT molecular complexity index is 313. The molecule has 1 atom stereocenters. The molecule has 72 valence electrons. The molecule has 0 saturated carbocycles. The molecule has 0 fully saturated rings. The maximum absolute atomic E-state index is 13.3. The van der Waals surface area contributed by atoms with E-state index < -0.39 is 11.9 Å². The zero-order valence-corrected chi connectivity index (χ0v) is 8.68. The summed E-state index contributed by atoms with van der Waals surface area (Å²) in [5.41, 5.74) is 0.143. The van der Waals surface area contributed by atoms with Crippen molar-refractivity contribution in [2.24, 2.45) is 0 Å². The first kappa shape index (κ1) is 10.5. The van der Waals surface area contributed by atoms with Crippen molar-refractivity contribution in [2.75, 3.05) is 0 Å². The summed E-state index contributed by atoms with van der Waals surface area (Å²) >= 11 is 3.00. The van der Waals surface area contributed by atoms with E-state index in [0.29, 0.717) is 4.47 Å². The summed E-state index contributed by atoms with van der Waals surface area (Å²) in [6.45, 7) is 1.54. The van der Waals surface area contributed by atoms with E-state index in [1.54, 1.807) is 6.92 Å². The smallest absolute Gasteiger partial charge is 0.144 e. The van der Waals surface area contributed by atoms with E-state index in [1.165, 1.54) is 12.1 Å². The molecule has 2 N–H and O–H groups in total. The van der Waals surface area contributed by atoms with Crippen molar-refractivity contribution >= 4 is 15.9 Å². The molecule has 0 bridgehead atoms. The first-order valence-electron chi connectivity index (χ1n) is 3.86. The highest BCUT2D eigenvalue weighted by Gasteiger charge is 2.13. The summed E-state index contributed by atoms with van der Waals surface area (Å²) < 4.78 is 13.6. The highest BCUT2D eigenvalue weighted by molar-refractivity contribution is 9.10. The number of benzene rings is 1. The lowest BCUT2D eigenvalue weighted by atomic mass is 10.1. The Morgan fingerprint density at radius 1 is 1.54 bits per heavy atom. The molecule has 13 heavy (non-hydrogen) atoms. The summed E-state index contributed by atoms with van der Waals surface area (Å²) in [5.74, 6) is -0.637. The minimum Gasteiger partial charge on any atom is -0.508 e. The second-order valence-corrected chi connectivity index (χ2v) is 3.77. The van der Waals surface area contributed by atoms with Crippen molar-refractivity contribution in [3.8, 4) is 5.75 Å². The van der Waals surface area contributed by atoms with Gasteiger partial charge in [0.05, 0.1) is 10.6 Å². The summed E-state index contributed by atoms with van der Waals surface area (Å²) in [6, 6.07) is 2.82. The lowest BCUT2D eigenvalue weighted by molar-refractivity contribution is 0.192. The first-order chi connectivity index (χ1) is 6.02. The molecule has 1 aromatic rings. The van der Waals surface area contributed by atoms with Gasteiger partial charge in [0.15, 0.2) is 0 Å². The number of aliphatic hydroxyl groups is 1. The van der Waals surface area contributed by atoms with Crippen LogP contribution in [0.5, 0.6) is 5.75 Å². The largest absolute Gasteiger partial charge is 0.508 e. The van der Waals surface area contributed by atoms with Crippen LogP contribution < -0.4 is 0 Å². The Morgan fingerprint density at radius 2 is 2.15 bits per heavy atom. The molecule has 1 rings (SSSR count). The molecule has 0 saturated heterocycles. The molecule has 0 heterocycles. The molecule has 1 aromatic carbocycles. The van der Waals surface area contributed by atoms with E-state index in [-0.39, 0.29) is 17.7 Å². The standard InChI is InChI=1S/C9H10BrFO2/c1-5(12)4-6-8(13)3-2-7(10)9(6)11/h2-3,5,12-13H,4H2,1H3. The van der Waals surface area contributed by atoms with Gasteiger partial charge in [-0.3, -0.25) is 0 Å². The molecule has 2 nitrogen and oxygen atoms in total. The van der Waals surface area contributed by atoms with Crippen LogP contribution in [0.15, 0.2) is 16.6 Å². The lowest BCUT2D eigenvalue weighted by Crippen LogP contribution is -2.06. The lowest BCUT2D eigenvalue weighted by Gasteiger charge is -2.08. The number of phenolic OH excluding ortho intramolecular Hbond substituents is 1. The van der Waals surface area contributed by atoms with Gasteiger partial charge < -0.3 is 10.2 Å². The van der Waals surface area contributed by atoms with Gasteiger partial charge in [0.2, 0.25) is 0 Å². The second kappa shape index (κ2) is 4.07. The maximum atomic E-state index is 13.3. The van der Waals surface area contributed by atoms with E-state index in [1.807, 2.05) is 0 Å². The normalized spacial score (nSPS) is 12.9. The van der Waals surface area contributed by atoms with Crippen molar-refractivity contribution in [1.82, 2.24) is 0 Å². The number of hydrogen-bond donors (Lipinski definition) is 2. The van der Waals surface area contributed by atoms with Gasteiger partial charge in [-0.15, -0.1) is 0 Å². The number of hydrogen-bond acceptors (Lipinski definition) is 2. The van der Waals surface area contributed by atoms with Crippen LogP contribution in [0.4, 0.5) is 4.39 Å². The van der Waals surface area contributed by atoms with Crippen molar-refractivity contribution in [3.05, 3.63) is 28.0 Å². The van der Waals surface area contributed by atoms with Crippen LogP contribution in [0.1, 0.15) is 12.5 Å². The van der Waals surface area contributed by atoms with Gasteiger partial charge in [-0.2, -0.15) is 0 Å². The zero-order chi connectivity index (χ0) is 10.0. The minimum absolute atomic E-state index is 0.108. The van der Waals surface area contributed by atoms with E-state index in [4.69, 9.17) is 5.11 Å². The van der Waals surface area contributed by atoms with E-state index in [9.17, 15) is 9.50 Å². The Kier molecular flexibility index (Phi) is 3.27. The SMILES string of the molecule is CC(O)Cc1c(O)ccc(Br)c1F. The molecule has 0 aliphatic carbocycles. The molecule has 0 radical (unpaired) electrons. The van der Waals surface area contributed by atoms with Crippen molar-refractivity contribution in [3.63, 3.8) is 0 Å². The summed E-state index contributed by atoms with van der Waals surface area (Å²) in [6.07, 6.45) is -0.563. The van der Waals surface area contributed by atoms with Crippen LogP contribution >= 0.6 is 15.9 Å². The Hall–Kier alpha value is -0.610. The topological polar surface area (TPSA) is 40.5 Å². The van der Waals surface area contributed by atoms with Crippen LogP contribution in [0, 0.1) is 5.82 Å². The van der Waals surface area contributed by atoms with Crippen LogP contribution in [0.25, 0.3) is 0 Å². The fourth-order valence-corrected chi connectivity index (χ4v) is 1.44. The van der Waals surface area contributed by atoms with E-state index in [2.05, 4.69) is 15.9 Å². The Morgan fingerprint density at radius 3 is 2.69 bits per heavy atom. The summed E-state index contributed by atoms with van der Waals surface area (Å²) in [5, 5.41) is 18.3. The van der Waals surface area contributed by atoms with Crippen LogP contribution in [0.3, 0.4) is 0 Å². The summed E-state index contributed by atoms with van der Waals surface area (Å²) in [7, 11) is 0. The van der Waals surface area contributed by atoms with Crippen molar-refractivity contribution in [2.45, 2.75) is 19.4 Å². The van der Waals surface area contributed by atoms with E-state index in [0.717, 1.165) is 0 Å². The highest BCUT2D eigenvalue weighted by atomic mass is 79.9. The highest BCUT2D eigenvalue weighted by Crippen LogP contribution is 2.27. The van der Waals surface area contributed by atoms with Crippen molar-refractivity contribution < 1.29 is 14.6 Å². The monoisotopic (exact) mass is 248 g/mol. The predicted molar refractivity (Wildman–Crippen MR) is 51.1 cm³/mol. The van der Waals surface area contributed by atoms with Crippen molar-refractivity contribution in [1.29, 1.82) is 0 Å². The molecular formula is C9H10BrFO2. The Balaban J connectivity index is 3.10. The number of phenols is 1. The average Bonchev–Trinajstić information content (AvgIpc) is 2.05. The summed E-state index contributed by atoms with van der Waals surface area (Å²) in [4.78, 5) is 0. The third-order valence-corrected chi connectivity index (χ3v) is 2.28. The van der Waals surface area contributed by atoms with Gasteiger partial charge in [-0.25, -0.2) is 4.39 Å². The predicted octanol–water partition coefficient (Wildman–Crippen LogP) is 2.22. The minimum atomic E-state index is -0.672. The van der Waals surface area contributed by atoms with E-state index >= 15 is 0 Å². The number of aliphatic hydroxyl groups excluding tert-OH is 1. The van der Waals surface area contributed by atoms with Gasteiger partial charge in [0.25, 0.3) is 0 Å². The molecule has 4 heteroatoms. The maximum Gasteiger partial charge on any atom is 0.144 e. The van der Waals surface area contributed by atoms with Crippen LogP contribution in [-0.2, 0) is 6.42 Å². The zero-order valence-electron chi connectivity index (χ0n) is 7.09. The van der Waals surface area contributed by atoms with Gasteiger partial charge >= 0.3 is 0 Å². The molecule has 1 unspecified atom stereocenters. The van der Waals surface area contributed by atoms with Gasteiger partial charge in [-0.1, -0.05) is 0 Å². The van der Waals surface area contributed by atoms with Gasteiger partial charge in [0.1, 0.15) is 11.6 Å². The van der Waals surface area contributed by atoms with Gasteiger partial charge in [0, 0.05) is 12.0 Å².